The predicted molar refractivity (Wildman–Crippen MR) is 79.6 cm³/mol. The highest BCUT2D eigenvalue weighted by molar-refractivity contribution is 9.10. The van der Waals surface area contributed by atoms with Crippen molar-refractivity contribution in [3.05, 3.63) is 53.8 Å². The van der Waals surface area contributed by atoms with Crippen LogP contribution in [0.5, 0.6) is 0 Å². The number of carbonyl (C=O) groups is 1. The Kier molecular flexibility index (Phi) is 6.45. The molecule has 0 aliphatic heterocycles. The van der Waals surface area contributed by atoms with Crippen molar-refractivity contribution in [2.45, 2.75) is 0 Å². The molecule has 0 saturated heterocycles. The molecule has 0 radical (unpaired) electrons. The fourth-order valence-electron chi connectivity index (χ4n) is 1.55. The summed E-state index contributed by atoms with van der Waals surface area (Å²) in [6.07, 6.45) is 3.41. The van der Waals surface area contributed by atoms with Crippen molar-refractivity contribution in [2.75, 3.05) is 25.0 Å². The summed E-state index contributed by atoms with van der Waals surface area (Å²) in [6, 6.07) is 4.49. The molecule has 3 nitrogen and oxygen atoms in total. The highest BCUT2D eigenvalue weighted by atomic mass is 79.9. The van der Waals surface area contributed by atoms with Crippen molar-refractivity contribution in [3.8, 4) is 0 Å². The molecule has 1 aromatic carbocycles. The molecule has 0 atom stereocenters. The van der Waals surface area contributed by atoms with E-state index in [0.717, 1.165) is 0 Å². The molecule has 19 heavy (non-hydrogen) atoms. The topological polar surface area (TPSA) is 32.3 Å². The molecule has 0 aliphatic rings. The van der Waals surface area contributed by atoms with Gasteiger partial charge in [-0.25, -0.2) is 4.39 Å². The van der Waals surface area contributed by atoms with Crippen molar-refractivity contribution in [3.63, 3.8) is 0 Å². The lowest BCUT2D eigenvalue weighted by Crippen LogP contribution is -2.33. The first kappa shape index (κ1) is 15.6. The molecule has 0 aromatic heterocycles. The van der Waals surface area contributed by atoms with E-state index in [4.69, 9.17) is 0 Å². The van der Waals surface area contributed by atoms with Crippen LogP contribution in [0.25, 0.3) is 0 Å². The summed E-state index contributed by atoms with van der Waals surface area (Å²) in [5, 5.41) is 2.54. The zero-order valence-corrected chi connectivity index (χ0v) is 12.1. The zero-order chi connectivity index (χ0) is 14.3. The second-order valence-electron chi connectivity index (χ2n) is 3.94. The average Bonchev–Trinajstić information content (AvgIpc) is 2.33. The number of amides is 1. The van der Waals surface area contributed by atoms with E-state index in [1.807, 2.05) is 4.90 Å². The number of nitrogens with zero attached hydrogens (tertiary/aromatic N) is 1. The minimum Gasteiger partial charge on any atom is -0.322 e. The number of benzene rings is 1. The molecule has 0 spiro atoms. The van der Waals surface area contributed by atoms with Gasteiger partial charge in [0.25, 0.3) is 0 Å². The Labute approximate surface area is 120 Å². The third kappa shape index (κ3) is 5.36. The summed E-state index contributed by atoms with van der Waals surface area (Å²) >= 11 is 3.16. The van der Waals surface area contributed by atoms with Crippen molar-refractivity contribution < 1.29 is 9.18 Å². The van der Waals surface area contributed by atoms with Gasteiger partial charge in [-0.1, -0.05) is 28.1 Å². The van der Waals surface area contributed by atoms with E-state index in [2.05, 4.69) is 34.4 Å². The fourth-order valence-corrected chi connectivity index (χ4v) is 1.89. The van der Waals surface area contributed by atoms with Gasteiger partial charge in [0.1, 0.15) is 5.82 Å². The molecule has 1 rings (SSSR count). The predicted octanol–water partition coefficient (Wildman–Crippen LogP) is 3.20. The van der Waals surface area contributed by atoms with Crippen LogP contribution in [0.2, 0.25) is 0 Å². The van der Waals surface area contributed by atoms with Gasteiger partial charge in [-0.15, -0.1) is 13.2 Å². The summed E-state index contributed by atoms with van der Waals surface area (Å²) in [5.74, 6) is -0.744. The minimum absolute atomic E-state index is 0.160. The number of nitrogens with one attached hydrogen (secondary N) is 1. The van der Waals surface area contributed by atoms with Gasteiger partial charge in [0.2, 0.25) is 5.91 Å². The Bertz CT molecular complexity index is 467. The van der Waals surface area contributed by atoms with Gasteiger partial charge < -0.3 is 5.32 Å². The van der Waals surface area contributed by atoms with Crippen LogP contribution in [0, 0.1) is 5.82 Å². The third-order valence-electron chi connectivity index (χ3n) is 2.35. The Hall–Kier alpha value is -1.46. The van der Waals surface area contributed by atoms with Crippen molar-refractivity contribution in [2.24, 2.45) is 0 Å². The fraction of sp³-hybridized carbons (Fsp3) is 0.214. The molecule has 0 fully saturated rings. The molecule has 1 amide bonds. The lowest BCUT2D eigenvalue weighted by Gasteiger charge is -2.18. The lowest BCUT2D eigenvalue weighted by molar-refractivity contribution is -0.117. The van der Waals surface area contributed by atoms with Crippen molar-refractivity contribution in [1.29, 1.82) is 0 Å². The number of rotatable bonds is 7. The SMILES string of the molecule is C=CCN(CC=C)CC(=O)Nc1ccc(Br)cc1F. The van der Waals surface area contributed by atoms with Crippen LogP contribution in [0.4, 0.5) is 10.1 Å². The zero-order valence-electron chi connectivity index (χ0n) is 10.5. The van der Waals surface area contributed by atoms with Gasteiger partial charge in [-0.3, -0.25) is 9.69 Å². The van der Waals surface area contributed by atoms with Gasteiger partial charge >= 0.3 is 0 Å². The monoisotopic (exact) mass is 326 g/mol. The molecule has 0 aliphatic carbocycles. The first-order valence-electron chi connectivity index (χ1n) is 5.76. The van der Waals surface area contributed by atoms with Gasteiger partial charge in [-0.2, -0.15) is 0 Å². The standard InChI is InChI=1S/C14H16BrFN2O/c1-3-7-18(8-4-2)10-14(19)17-13-6-5-11(15)9-12(13)16/h3-6,9H,1-2,7-8,10H2,(H,17,19). The Balaban J connectivity index is 2.62. The van der Waals surface area contributed by atoms with E-state index in [-0.39, 0.29) is 18.1 Å². The summed E-state index contributed by atoms with van der Waals surface area (Å²) in [6.45, 7) is 8.55. The summed E-state index contributed by atoms with van der Waals surface area (Å²) < 4.78 is 14.2. The maximum absolute atomic E-state index is 13.6. The second-order valence-corrected chi connectivity index (χ2v) is 4.86. The number of hydrogen-bond donors (Lipinski definition) is 1. The molecule has 0 saturated carbocycles. The highest BCUT2D eigenvalue weighted by Crippen LogP contribution is 2.19. The third-order valence-corrected chi connectivity index (χ3v) is 2.84. The Morgan fingerprint density at radius 2 is 2.00 bits per heavy atom. The van der Waals surface area contributed by atoms with Crippen LogP contribution in [-0.4, -0.2) is 30.4 Å². The number of anilines is 1. The quantitative estimate of drug-likeness (QED) is 0.780. The van der Waals surface area contributed by atoms with Crippen LogP contribution >= 0.6 is 15.9 Å². The maximum Gasteiger partial charge on any atom is 0.238 e. The summed E-state index contributed by atoms with van der Waals surface area (Å²) in [7, 11) is 0. The Morgan fingerprint density at radius 3 is 2.53 bits per heavy atom. The lowest BCUT2D eigenvalue weighted by atomic mass is 10.3. The van der Waals surface area contributed by atoms with Crippen LogP contribution in [0.3, 0.4) is 0 Å². The largest absolute Gasteiger partial charge is 0.322 e. The molecular weight excluding hydrogens is 311 g/mol. The van der Waals surface area contributed by atoms with E-state index >= 15 is 0 Å². The first-order valence-corrected chi connectivity index (χ1v) is 6.55. The van der Waals surface area contributed by atoms with E-state index in [9.17, 15) is 9.18 Å². The number of carbonyl (C=O) groups excluding carboxylic acids is 1. The normalized spacial score (nSPS) is 10.3. The highest BCUT2D eigenvalue weighted by Gasteiger charge is 2.10. The molecular formula is C14H16BrFN2O. The molecule has 1 aromatic rings. The minimum atomic E-state index is -0.471. The average molecular weight is 327 g/mol. The summed E-state index contributed by atoms with van der Waals surface area (Å²) in [4.78, 5) is 13.6. The van der Waals surface area contributed by atoms with Crippen LogP contribution < -0.4 is 5.32 Å². The van der Waals surface area contributed by atoms with Crippen LogP contribution in [0.15, 0.2) is 48.0 Å². The molecule has 0 unspecified atom stereocenters. The van der Waals surface area contributed by atoms with Gasteiger partial charge in [0, 0.05) is 17.6 Å². The van der Waals surface area contributed by atoms with E-state index in [1.165, 1.54) is 12.1 Å². The van der Waals surface area contributed by atoms with Crippen LogP contribution in [0.1, 0.15) is 0 Å². The molecule has 0 bridgehead atoms. The first-order chi connectivity index (χ1) is 9.06. The van der Waals surface area contributed by atoms with Gasteiger partial charge in [0.15, 0.2) is 0 Å². The van der Waals surface area contributed by atoms with E-state index < -0.39 is 5.82 Å². The molecule has 5 heteroatoms. The summed E-state index contributed by atoms with van der Waals surface area (Å²) in [5.41, 5.74) is 0.172. The molecule has 102 valence electrons. The van der Waals surface area contributed by atoms with Crippen molar-refractivity contribution >= 4 is 27.5 Å². The maximum atomic E-state index is 13.6. The second kappa shape index (κ2) is 7.86. The van der Waals surface area contributed by atoms with Crippen molar-refractivity contribution in [1.82, 2.24) is 4.90 Å². The van der Waals surface area contributed by atoms with E-state index in [1.54, 1.807) is 18.2 Å². The smallest absolute Gasteiger partial charge is 0.238 e. The van der Waals surface area contributed by atoms with E-state index in [0.29, 0.717) is 17.6 Å². The number of halogens is 2. The van der Waals surface area contributed by atoms with Gasteiger partial charge in [0.05, 0.1) is 12.2 Å². The Morgan fingerprint density at radius 1 is 1.37 bits per heavy atom. The van der Waals surface area contributed by atoms with Crippen LogP contribution in [-0.2, 0) is 4.79 Å². The number of hydrogen-bond acceptors (Lipinski definition) is 2. The molecule has 0 heterocycles. The molecule has 1 N–H and O–H groups in total. The van der Waals surface area contributed by atoms with Gasteiger partial charge in [-0.05, 0) is 18.2 Å².